The summed E-state index contributed by atoms with van der Waals surface area (Å²) in [4.78, 5) is 15.7. The molecular weight excluding hydrogens is 1110 g/mol. The SMILES string of the molecule is c1ccc(-c2cccc(-c3ccc4c(c3)c3cc(-c5cccc6c5sc5ccccc56)ccc3n4-c3ccc4sc5c(-n6c7ccc(-c8cccc(-c9ccccc9)n8)cc7c7cc(-c8cccc(-c9ccccc9)n8)ccc76)cccc5c4c3)n2)cc1. The fraction of sp³-hybridized carbons (Fsp3) is 0. The maximum absolute atomic E-state index is 5.25. The van der Waals surface area contributed by atoms with Gasteiger partial charge in [0.05, 0.1) is 66.6 Å². The van der Waals surface area contributed by atoms with E-state index in [4.69, 9.17) is 15.0 Å². The lowest BCUT2D eigenvalue weighted by molar-refractivity contribution is 1.19. The molecule has 7 aromatic heterocycles. The first-order valence-electron chi connectivity index (χ1n) is 29.7. The van der Waals surface area contributed by atoms with Crippen LogP contribution in [-0.4, -0.2) is 24.1 Å². The fourth-order valence-electron chi connectivity index (χ4n) is 13.4. The largest absolute Gasteiger partial charge is 0.309 e. The number of fused-ring (bicyclic) bond motifs is 12. The summed E-state index contributed by atoms with van der Waals surface area (Å²) in [5.74, 6) is 0. The molecule has 0 aliphatic rings. The van der Waals surface area contributed by atoms with Gasteiger partial charge in [-0.1, -0.05) is 182 Å². The van der Waals surface area contributed by atoms with E-state index in [0.717, 1.165) is 112 Å². The summed E-state index contributed by atoms with van der Waals surface area (Å²) in [6, 6.07) is 107. The van der Waals surface area contributed by atoms with Crippen LogP contribution < -0.4 is 0 Å². The minimum atomic E-state index is 0.930. The van der Waals surface area contributed by atoms with Gasteiger partial charge in [0.15, 0.2) is 0 Å². The summed E-state index contributed by atoms with van der Waals surface area (Å²) in [6.45, 7) is 0. The van der Waals surface area contributed by atoms with E-state index in [2.05, 4.69) is 294 Å². The molecule has 0 amide bonds. The van der Waals surface area contributed by atoms with Gasteiger partial charge in [0.25, 0.3) is 0 Å². The molecule has 0 bridgehead atoms. The Hall–Kier alpha value is -11.1. The van der Waals surface area contributed by atoms with Crippen LogP contribution in [0.1, 0.15) is 0 Å². The van der Waals surface area contributed by atoms with E-state index in [1.54, 1.807) is 0 Å². The minimum Gasteiger partial charge on any atom is -0.309 e. The molecule has 7 heterocycles. The highest BCUT2D eigenvalue weighted by Gasteiger charge is 2.22. The smallest absolute Gasteiger partial charge is 0.0709 e. The average Bonchev–Trinajstić information content (AvgIpc) is 1.73. The summed E-state index contributed by atoms with van der Waals surface area (Å²) in [5.41, 5.74) is 21.4. The number of thiophene rings is 2. The highest BCUT2D eigenvalue weighted by atomic mass is 32.1. The predicted molar refractivity (Wildman–Crippen MR) is 372 cm³/mol. The van der Waals surface area contributed by atoms with Crippen molar-refractivity contribution < 1.29 is 0 Å². The molecule has 0 aliphatic carbocycles. The van der Waals surface area contributed by atoms with Gasteiger partial charge < -0.3 is 9.13 Å². The third kappa shape index (κ3) is 8.24. The molecule has 18 rings (SSSR count). The van der Waals surface area contributed by atoms with Crippen LogP contribution >= 0.6 is 22.7 Å². The lowest BCUT2D eigenvalue weighted by Crippen LogP contribution is -1.95. The first kappa shape index (κ1) is 50.3. The molecule has 0 aliphatic heterocycles. The van der Waals surface area contributed by atoms with Crippen molar-refractivity contribution in [2.24, 2.45) is 0 Å². The zero-order chi connectivity index (χ0) is 57.8. The second kappa shape index (κ2) is 20.3. The fourth-order valence-corrected chi connectivity index (χ4v) is 15.8. The number of nitrogens with zero attached hydrogens (tertiary/aromatic N) is 5. The number of pyridine rings is 3. The molecule has 7 heteroatoms. The van der Waals surface area contributed by atoms with Gasteiger partial charge >= 0.3 is 0 Å². The second-order valence-electron chi connectivity index (χ2n) is 22.6. The maximum atomic E-state index is 5.25. The van der Waals surface area contributed by atoms with E-state index in [1.165, 1.54) is 62.2 Å². The molecule has 0 radical (unpaired) electrons. The van der Waals surface area contributed by atoms with Crippen LogP contribution in [0.25, 0.3) is 174 Å². The van der Waals surface area contributed by atoms with E-state index in [9.17, 15) is 0 Å². The first-order valence-corrected chi connectivity index (χ1v) is 31.4. The molecule has 5 nitrogen and oxygen atoms in total. The van der Waals surface area contributed by atoms with Gasteiger partial charge in [0.2, 0.25) is 0 Å². The molecule has 0 atom stereocenters. The minimum absolute atomic E-state index is 0.930. The molecular formula is C81H49N5S2. The predicted octanol–water partition coefficient (Wildman–Crippen LogP) is 22.5. The van der Waals surface area contributed by atoms with Gasteiger partial charge in [-0.25, -0.2) is 15.0 Å². The number of hydrogen-bond acceptors (Lipinski definition) is 5. The van der Waals surface area contributed by atoms with Crippen LogP contribution in [-0.2, 0) is 0 Å². The van der Waals surface area contributed by atoms with Crippen molar-refractivity contribution in [3.05, 3.63) is 297 Å². The van der Waals surface area contributed by atoms with Crippen LogP contribution in [0.15, 0.2) is 297 Å². The zero-order valence-corrected chi connectivity index (χ0v) is 49.0. The third-order valence-corrected chi connectivity index (χ3v) is 20.0. The highest BCUT2D eigenvalue weighted by molar-refractivity contribution is 7.26. The van der Waals surface area contributed by atoms with E-state index in [1.807, 2.05) is 34.8 Å². The van der Waals surface area contributed by atoms with E-state index in [-0.39, 0.29) is 0 Å². The maximum Gasteiger partial charge on any atom is 0.0709 e. The molecule has 0 saturated heterocycles. The monoisotopic (exact) mass is 1160 g/mol. The molecule has 0 N–H and O–H groups in total. The van der Waals surface area contributed by atoms with Crippen molar-refractivity contribution >= 4 is 107 Å². The molecule has 0 unspecified atom stereocenters. The van der Waals surface area contributed by atoms with Gasteiger partial charge in [0.1, 0.15) is 0 Å². The standard InChI is InChI=1S/C81H49N5S2/c1-4-17-50(18-5-1)67-27-14-30-70(82-67)54-36-41-74-63(46-54)62-45-53(58-24-12-25-60-59-23-10-11-34-78(59)87-80(58)60)35-40-73(62)85(74)57-39-44-79-66(49-57)61-26-13-33-77(81(61)88-79)86-75-42-37-55(71-31-15-28-68(83-71)51-19-6-2-7-20-51)47-64(75)65-48-56(38-43-76(65)86)72-32-16-29-69(84-72)52-21-8-3-9-22-52/h1-49H. The van der Waals surface area contributed by atoms with Crippen LogP contribution in [0, 0.1) is 0 Å². The van der Waals surface area contributed by atoms with Gasteiger partial charge in [-0.05, 0) is 126 Å². The summed E-state index contributed by atoms with van der Waals surface area (Å²) >= 11 is 3.74. The molecule has 0 spiro atoms. The average molecular weight is 1160 g/mol. The number of hydrogen-bond donors (Lipinski definition) is 0. The Morgan fingerprint density at radius 2 is 0.614 bits per heavy atom. The van der Waals surface area contributed by atoms with Crippen molar-refractivity contribution in [3.8, 4) is 90.0 Å². The first-order chi connectivity index (χ1) is 43.6. The molecule has 18 aromatic rings. The Kier molecular flexibility index (Phi) is 11.6. The van der Waals surface area contributed by atoms with Gasteiger partial charge in [-0.2, -0.15) is 0 Å². The van der Waals surface area contributed by atoms with Crippen LogP contribution in [0.5, 0.6) is 0 Å². The molecule has 410 valence electrons. The number of aromatic nitrogens is 5. The van der Waals surface area contributed by atoms with Crippen LogP contribution in [0.2, 0.25) is 0 Å². The van der Waals surface area contributed by atoms with E-state index < -0.39 is 0 Å². The topological polar surface area (TPSA) is 48.5 Å². The Morgan fingerprint density at radius 3 is 1.14 bits per heavy atom. The summed E-state index contributed by atoms with van der Waals surface area (Å²) in [6.07, 6.45) is 0. The Balaban J connectivity index is 0.806. The molecule has 0 saturated carbocycles. The number of rotatable bonds is 9. The Morgan fingerprint density at radius 1 is 0.227 bits per heavy atom. The third-order valence-electron chi connectivity index (χ3n) is 17.5. The Labute approximate surface area is 514 Å². The summed E-state index contributed by atoms with van der Waals surface area (Å²) < 4.78 is 10.0. The van der Waals surface area contributed by atoms with Crippen molar-refractivity contribution in [1.29, 1.82) is 0 Å². The summed E-state index contributed by atoms with van der Waals surface area (Å²) in [5, 5.41) is 9.72. The van der Waals surface area contributed by atoms with Crippen molar-refractivity contribution in [3.63, 3.8) is 0 Å². The zero-order valence-electron chi connectivity index (χ0n) is 47.3. The van der Waals surface area contributed by atoms with Crippen molar-refractivity contribution in [2.75, 3.05) is 0 Å². The Bertz CT molecular complexity index is 5680. The quantitative estimate of drug-likeness (QED) is 0.145. The summed E-state index contributed by atoms with van der Waals surface area (Å²) in [7, 11) is 0. The van der Waals surface area contributed by atoms with Gasteiger partial charge in [-0.3, -0.25) is 0 Å². The second-order valence-corrected chi connectivity index (χ2v) is 24.7. The van der Waals surface area contributed by atoms with Crippen LogP contribution in [0.4, 0.5) is 0 Å². The normalized spacial score (nSPS) is 11.9. The molecule has 11 aromatic carbocycles. The lowest BCUT2D eigenvalue weighted by Gasteiger charge is -2.11. The van der Waals surface area contributed by atoms with Crippen LogP contribution in [0.3, 0.4) is 0 Å². The van der Waals surface area contributed by atoms with E-state index >= 15 is 0 Å². The molecule has 88 heavy (non-hydrogen) atoms. The number of benzene rings is 11. The van der Waals surface area contributed by atoms with Gasteiger partial charge in [0, 0.05) is 96.3 Å². The van der Waals surface area contributed by atoms with E-state index in [0.29, 0.717) is 0 Å². The highest BCUT2D eigenvalue weighted by Crippen LogP contribution is 2.46. The van der Waals surface area contributed by atoms with Crippen molar-refractivity contribution in [1.82, 2.24) is 24.1 Å². The van der Waals surface area contributed by atoms with Crippen molar-refractivity contribution in [2.45, 2.75) is 0 Å². The van der Waals surface area contributed by atoms with Gasteiger partial charge in [-0.15, -0.1) is 22.7 Å². The lowest BCUT2D eigenvalue weighted by atomic mass is 10.00. The molecule has 0 fully saturated rings.